The smallest absolute Gasteiger partial charge is 0.223 e. The number of aromatic nitrogens is 3. The number of nitrogens with one attached hydrogen (secondary N) is 1. The first-order valence-electron chi connectivity index (χ1n) is 6.77. The van der Waals surface area contributed by atoms with E-state index in [2.05, 4.69) is 46.9 Å². The third-order valence-electron chi connectivity index (χ3n) is 3.41. The molecule has 104 valence electrons. The lowest BCUT2D eigenvalue weighted by atomic mass is 10.2. The minimum atomic E-state index is 0.626. The highest BCUT2D eigenvalue weighted by Gasteiger charge is 2.07. The van der Waals surface area contributed by atoms with Gasteiger partial charge in [-0.1, -0.05) is 5.16 Å². The second-order valence-corrected chi connectivity index (χ2v) is 4.80. The van der Waals surface area contributed by atoms with Gasteiger partial charge in [-0.15, -0.1) is 0 Å². The van der Waals surface area contributed by atoms with Gasteiger partial charge in [-0.2, -0.15) is 4.98 Å². The molecule has 0 radical (unpaired) electrons. The SMILES string of the molecule is CCn1c(C)cc(CNCCc2noc(C)n2)c1C. The molecular weight excluding hydrogens is 240 g/mol. The Morgan fingerprint density at radius 1 is 1.32 bits per heavy atom. The zero-order valence-electron chi connectivity index (χ0n) is 12.2. The van der Waals surface area contributed by atoms with Gasteiger partial charge in [0.15, 0.2) is 5.82 Å². The number of hydrogen-bond acceptors (Lipinski definition) is 4. The van der Waals surface area contributed by atoms with Crippen LogP contribution in [0.5, 0.6) is 0 Å². The Morgan fingerprint density at radius 3 is 2.68 bits per heavy atom. The lowest BCUT2D eigenvalue weighted by molar-refractivity contribution is 0.387. The van der Waals surface area contributed by atoms with Crippen LogP contribution in [-0.2, 0) is 19.5 Å². The molecule has 5 heteroatoms. The van der Waals surface area contributed by atoms with Gasteiger partial charge in [-0.05, 0) is 32.4 Å². The largest absolute Gasteiger partial charge is 0.349 e. The van der Waals surface area contributed by atoms with Crippen molar-refractivity contribution in [2.45, 2.75) is 47.2 Å². The normalized spacial score (nSPS) is 11.2. The van der Waals surface area contributed by atoms with E-state index in [9.17, 15) is 0 Å². The molecule has 2 aromatic heterocycles. The van der Waals surface area contributed by atoms with Crippen molar-refractivity contribution in [3.05, 3.63) is 34.7 Å². The van der Waals surface area contributed by atoms with Crippen molar-refractivity contribution in [2.75, 3.05) is 6.54 Å². The topological polar surface area (TPSA) is 55.9 Å². The van der Waals surface area contributed by atoms with E-state index in [1.165, 1.54) is 17.0 Å². The Balaban J connectivity index is 1.83. The van der Waals surface area contributed by atoms with Gasteiger partial charge in [0, 0.05) is 44.4 Å². The molecule has 0 atom stereocenters. The second kappa shape index (κ2) is 6.02. The number of aryl methyl sites for hydroxylation is 2. The zero-order valence-corrected chi connectivity index (χ0v) is 12.2. The fourth-order valence-corrected chi connectivity index (χ4v) is 2.40. The summed E-state index contributed by atoms with van der Waals surface area (Å²) in [5.41, 5.74) is 4.04. The van der Waals surface area contributed by atoms with E-state index in [-0.39, 0.29) is 0 Å². The van der Waals surface area contributed by atoms with Crippen molar-refractivity contribution in [2.24, 2.45) is 0 Å². The molecule has 0 amide bonds. The van der Waals surface area contributed by atoms with Crippen LogP contribution in [0.2, 0.25) is 0 Å². The summed E-state index contributed by atoms with van der Waals surface area (Å²) in [4.78, 5) is 4.18. The van der Waals surface area contributed by atoms with Crippen molar-refractivity contribution in [3.8, 4) is 0 Å². The first-order chi connectivity index (χ1) is 9.11. The van der Waals surface area contributed by atoms with Crippen molar-refractivity contribution >= 4 is 0 Å². The molecule has 0 unspecified atom stereocenters. The van der Waals surface area contributed by atoms with Crippen LogP contribution in [0.1, 0.15) is 35.6 Å². The van der Waals surface area contributed by atoms with Gasteiger partial charge in [0.2, 0.25) is 5.89 Å². The highest BCUT2D eigenvalue weighted by atomic mass is 16.5. The number of nitrogens with zero attached hydrogens (tertiary/aromatic N) is 3. The lowest BCUT2D eigenvalue weighted by Crippen LogP contribution is -2.17. The third kappa shape index (κ3) is 3.23. The van der Waals surface area contributed by atoms with Crippen LogP contribution in [0, 0.1) is 20.8 Å². The number of hydrogen-bond donors (Lipinski definition) is 1. The molecule has 19 heavy (non-hydrogen) atoms. The van der Waals surface area contributed by atoms with Crippen LogP contribution in [0.3, 0.4) is 0 Å². The molecule has 0 saturated heterocycles. The molecule has 5 nitrogen and oxygen atoms in total. The minimum absolute atomic E-state index is 0.626. The summed E-state index contributed by atoms with van der Waals surface area (Å²) in [7, 11) is 0. The van der Waals surface area contributed by atoms with Crippen LogP contribution in [0.4, 0.5) is 0 Å². The van der Waals surface area contributed by atoms with Crippen molar-refractivity contribution in [1.29, 1.82) is 0 Å². The van der Waals surface area contributed by atoms with Crippen LogP contribution >= 0.6 is 0 Å². The molecular formula is C14H22N4O. The summed E-state index contributed by atoms with van der Waals surface area (Å²) >= 11 is 0. The average Bonchev–Trinajstić information content (AvgIpc) is 2.90. The molecule has 0 spiro atoms. The van der Waals surface area contributed by atoms with Crippen LogP contribution in [0.15, 0.2) is 10.6 Å². The molecule has 2 aromatic rings. The second-order valence-electron chi connectivity index (χ2n) is 4.80. The van der Waals surface area contributed by atoms with E-state index < -0.39 is 0 Å². The maximum absolute atomic E-state index is 4.94. The monoisotopic (exact) mass is 262 g/mol. The Bertz CT molecular complexity index is 542. The van der Waals surface area contributed by atoms with Crippen LogP contribution < -0.4 is 5.32 Å². The van der Waals surface area contributed by atoms with E-state index in [0.717, 1.165) is 31.9 Å². The van der Waals surface area contributed by atoms with Gasteiger partial charge in [-0.25, -0.2) is 0 Å². The summed E-state index contributed by atoms with van der Waals surface area (Å²) in [6.07, 6.45) is 0.795. The average molecular weight is 262 g/mol. The quantitative estimate of drug-likeness (QED) is 0.810. The molecule has 2 rings (SSSR count). The van der Waals surface area contributed by atoms with Gasteiger partial charge in [0.1, 0.15) is 0 Å². The van der Waals surface area contributed by atoms with E-state index in [4.69, 9.17) is 4.52 Å². The van der Waals surface area contributed by atoms with Gasteiger partial charge in [-0.3, -0.25) is 0 Å². The first kappa shape index (κ1) is 13.8. The highest BCUT2D eigenvalue weighted by Crippen LogP contribution is 2.14. The molecule has 0 saturated carbocycles. The minimum Gasteiger partial charge on any atom is -0.349 e. The molecule has 0 aromatic carbocycles. The third-order valence-corrected chi connectivity index (χ3v) is 3.41. The summed E-state index contributed by atoms with van der Waals surface area (Å²) in [6.45, 7) is 11.1. The summed E-state index contributed by atoms with van der Waals surface area (Å²) in [5, 5.41) is 7.31. The fourth-order valence-electron chi connectivity index (χ4n) is 2.40. The van der Waals surface area contributed by atoms with E-state index >= 15 is 0 Å². The molecule has 0 aliphatic heterocycles. The fraction of sp³-hybridized carbons (Fsp3) is 0.571. The Hall–Kier alpha value is -1.62. The Kier molecular flexibility index (Phi) is 4.37. The molecule has 0 fully saturated rings. The lowest BCUT2D eigenvalue weighted by Gasteiger charge is -2.06. The van der Waals surface area contributed by atoms with E-state index in [0.29, 0.717) is 5.89 Å². The van der Waals surface area contributed by atoms with Gasteiger partial charge in [0.25, 0.3) is 0 Å². The Labute approximate surface area is 114 Å². The summed E-state index contributed by atoms with van der Waals surface area (Å²) < 4.78 is 7.27. The maximum atomic E-state index is 4.94. The molecule has 1 N–H and O–H groups in total. The van der Waals surface area contributed by atoms with Gasteiger partial charge >= 0.3 is 0 Å². The molecule has 0 aliphatic carbocycles. The summed E-state index contributed by atoms with van der Waals surface area (Å²) in [6, 6.07) is 2.25. The first-order valence-corrected chi connectivity index (χ1v) is 6.77. The zero-order chi connectivity index (χ0) is 13.8. The van der Waals surface area contributed by atoms with Crippen molar-refractivity contribution in [3.63, 3.8) is 0 Å². The van der Waals surface area contributed by atoms with Gasteiger partial charge in [0.05, 0.1) is 0 Å². The molecule has 0 aliphatic rings. The summed E-state index contributed by atoms with van der Waals surface area (Å²) in [5.74, 6) is 1.39. The maximum Gasteiger partial charge on any atom is 0.223 e. The molecule has 0 bridgehead atoms. The Morgan fingerprint density at radius 2 is 2.11 bits per heavy atom. The van der Waals surface area contributed by atoms with Crippen molar-refractivity contribution < 1.29 is 4.52 Å². The highest BCUT2D eigenvalue weighted by molar-refractivity contribution is 5.26. The van der Waals surface area contributed by atoms with Crippen LogP contribution in [0.25, 0.3) is 0 Å². The predicted octanol–water partition coefficient (Wildman–Crippen LogP) is 2.15. The van der Waals surface area contributed by atoms with E-state index in [1.807, 2.05) is 6.92 Å². The van der Waals surface area contributed by atoms with Crippen LogP contribution in [-0.4, -0.2) is 21.3 Å². The predicted molar refractivity (Wildman–Crippen MR) is 74.0 cm³/mol. The standard InChI is InChI=1S/C14H22N4O/c1-5-18-10(2)8-13(11(18)3)9-15-7-6-14-16-12(4)19-17-14/h8,15H,5-7,9H2,1-4H3. The van der Waals surface area contributed by atoms with Crippen molar-refractivity contribution in [1.82, 2.24) is 20.0 Å². The number of rotatable bonds is 6. The van der Waals surface area contributed by atoms with E-state index in [1.54, 1.807) is 0 Å². The molecule has 2 heterocycles. The van der Waals surface area contributed by atoms with Gasteiger partial charge < -0.3 is 14.4 Å².